The van der Waals surface area contributed by atoms with Gasteiger partial charge < -0.3 is 9.88 Å². The van der Waals surface area contributed by atoms with Crippen LogP contribution in [0.15, 0.2) is 24.5 Å². The van der Waals surface area contributed by atoms with Gasteiger partial charge in [-0.3, -0.25) is 0 Å². The molecule has 2 aromatic rings. The first-order valence-electron chi connectivity index (χ1n) is 5.64. The van der Waals surface area contributed by atoms with Crippen LogP contribution in [0.2, 0.25) is 5.02 Å². The van der Waals surface area contributed by atoms with Gasteiger partial charge in [-0.15, -0.1) is 10.2 Å². The molecule has 1 N–H and O–H groups in total. The third-order valence-electron chi connectivity index (χ3n) is 2.64. The lowest BCUT2D eigenvalue weighted by Gasteiger charge is -2.05. The third-order valence-corrected chi connectivity index (χ3v) is 2.93. The van der Waals surface area contributed by atoms with Gasteiger partial charge in [0.15, 0.2) is 0 Å². The summed E-state index contributed by atoms with van der Waals surface area (Å²) in [7, 11) is 1.91. The molecule has 0 amide bonds. The Balaban J connectivity index is 1.78. The largest absolute Gasteiger partial charge is 0.321 e. The second-order valence-electron chi connectivity index (χ2n) is 4.03. The fourth-order valence-electron chi connectivity index (χ4n) is 1.62. The zero-order chi connectivity index (χ0) is 13.0. The minimum atomic E-state index is -0.389. The van der Waals surface area contributed by atoms with Gasteiger partial charge >= 0.3 is 0 Å². The van der Waals surface area contributed by atoms with E-state index in [0.717, 1.165) is 24.4 Å². The van der Waals surface area contributed by atoms with E-state index in [9.17, 15) is 4.39 Å². The van der Waals surface area contributed by atoms with Crippen molar-refractivity contribution < 1.29 is 4.39 Å². The van der Waals surface area contributed by atoms with Crippen molar-refractivity contribution in [3.05, 3.63) is 46.8 Å². The number of nitrogens with one attached hydrogen (secondary N) is 1. The molecule has 0 unspecified atom stereocenters. The highest BCUT2D eigenvalue weighted by Crippen LogP contribution is 2.15. The van der Waals surface area contributed by atoms with Crippen LogP contribution >= 0.6 is 11.6 Å². The Morgan fingerprint density at radius 3 is 2.94 bits per heavy atom. The van der Waals surface area contributed by atoms with Crippen LogP contribution in [0.5, 0.6) is 0 Å². The molecule has 96 valence electrons. The van der Waals surface area contributed by atoms with Crippen molar-refractivity contribution in [1.82, 2.24) is 20.1 Å². The molecule has 0 atom stereocenters. The summed E-state index contributed by atoms with van der Waals surface area (Å²) >= 11 is 5.70. The quantitative estimate of drug-likeness (QED) is 0.843. The highest BCUT2D eigenvalue weighted by atomic mass is 35.5. The van der Waals surface area contributed by atoms with E-state index in [0.29, 0.717) is 6.54 Å². The number of hydrogen-bond donors (Lipinski definition) is 1. The van der Waals surface area contributed by atoms with Gasteiger partial charge in [-0.05, 0) is 17.7 Å². The van der Waals surface area contributed by atoms with Crippen LogP contribution in [-0.4, -0.2) is 21.3 Å². The van der Waals surface area contributed by atoms with Gasteiger partial charge in [0.25, 0.3) is 0 Å². The smallest absolute Gasteiger partial charge is 0.141 e. The molecule has 6 heteroatoms. The van der Waals surface area contributed by atoms with E-state index >= 15 is 0 Å². The zero-order valence-electron chi connectivity index (χ0n) is 10.0. The lowest BCUT2D eigenvalue weighted by atomic mass is 10.2. The second kappa shape index (κ2) is 5.93. The summed E-state index contributed by atoms with van der Waals surface area (Å²) in [4.78, 5) is 0. The molecule has 0 radical (unpaired) electrons. The minimum absolute atomic E-state index is 0.155. The van der Waals surface area contributed by atoms with Gasteiger partial charge in [0, 0.05) is 26.6 Å². The molecule has 0 aliphatic carbocycles. The summed E-state index contributed by atoms with van der Waals surface area (Å²) in [5.74, 6) is 0.541. The van der Waals surface area contributed by atoms with Gasteiger partial charge in [-0.2, -0.15) is 0 Å². The molecular formula is C12H14ClFN4. The fraction of sp³-hybridized carbons (Fsp3) is 0.333. The molecule has 18 heavy (non-hydrogen) atoms. The van der Waals surface area contributed by atoms with E-state index in [4.69, 9.17) is 11.6 Å². The third kappa shape index (κ3) is 3.27. The van der Waals surface area contributed by atoms with Crippen LogP contribution in [0.1, 0.15) is 11.4 Å². The Labute approximate surface area is 110 Å². The van der Waals surface area contributed by atoms with Crippen LogP contribution in [0.4, 0.5) is 4.39 Å². The van der Waals surface area contributed by atoms with Crippen molar-refractivity contribution in [2.24, 2.45) is 7.05 Å². The van der Waals surface area contributed by atoms with Crippen LogP contribution < -0.4 is 5.32 Å². The summed E-state index contributed by atoms with van der Waals surface area (Å²) in [5.41, 5.74) is 0.958. The summed E-state index contributed by atoms with van der Waals surface area (Å²) in [6.45, 7) is 1.43. The maximum atomic E-state index is 12.9. The molecule has 0 aliphatic heterocycles. The molecule has 1 aromatic heterocycles. The number of aryl methyl sites for hydroxylation is 1. The highest BCUT2D eigenvalue weighted by molar-refractivity contribution is 6.30. The van der Waals surface area contributed by atoms with Gasteiger partial charge in [0.1, 0.15) is 18.0 Å². The Morgan fingerprint density at radius 2 is 2.28 bits per heavy atom. The van der Waals surface area contributed by atoms with E-state index in [2.05, 4.69) is 15.5 Å². The first-order chi connectivity index (χ1) is 8.66. The van der Waals surface area contributed by atoms with E-state index in [1.165, 1.54) is 6.07 Å². The lowest BCUT2D eigenvalue weighted by molar-refractivity contribution is 0.624. The predicted octanol–water partition coefficient (Wildman–Crippen LogP) is 1.94. The minimum Gasteiger partial charge on any atom is -0.321 e. The van der Waals surface area contributed by atoms with Crippen molar-refractivity contribution in [2.75, 3.05) is 6.54 Å². The molecule has 0 spiro atoms. The monoisotopic (exact) mass is 268 g/mol. The molecule has 1 heterocycles. The molecule has 0 saturated heterocycles. The highest BCUT2D eigenvalue weighted by Gasteiger charge is 2.02. The SMILES string of the molecule is Cn1cnnc1CCNCc1ccc(F)c(Cl)c1. The Morgan fingerprint density at radius 1 is 1.44 bits per heavy atom. The van der Waals surface area contributed by atoms with Crippen molar-refractivity contribution in [3.8, 4) is 0 Å². The molecule has 0 fully saturated rings. The molecule has 2 rings (SSSR count). The van der Waals surface area contributed by atoms with Crippen LogP contribution in [-0.2, 0) is 20.0 Å². The summed E-state index contributed by atoms with van der Waals surface area (Å²) < 4.78 is 14.8. The number of aromatic nitrogens is 3. The number of nitrogens with zero attached hydrogens (tertiary/aromatic N) is 3. The molecule has 4 nitrogen and oxygen atoms in total. The van der Waals surface area contributed by atoms with Gasteiger partial charge in [-0.25, -0.2) is 4.39 Å². The van der Waals surface area contributed by atoms with Gasteiger partial charge in [0.05, 0.1) is 5.02 Å². The Kier molecular flexibility index (Phi) is 4.28. The van der Waals surface area contributed by atoms with Crippen LogP contribution in [0, 0.1) is 5.82 Å². The maximum Gasteiger partial charge on any atom is 0.141 e. The molecule has 1 aromatic carbocycles. The number of hydrogen-bond acceptors (Lipinski definition) is 3. The number of benzene rings is 1. The standard InChI is InChI=1S/C12H14ClFN4/c1-18-8-16-17-12(18)4-5-15-7-9-2-3-11(14)10(13)6-9/h2-3,6,8,15H,4-5,7H2,1H3. The van der Waals surface area contributed by atoms with Gasteiger partial charge in [0.2, 0.25) is 0 Å². The number of rotatable bonds is 5. The van der Waals surface area contributed by atoms with E-state index in [1.807, 2.05) is 11.6 Å². The molecular weight excluding hydrogens is 255 g/mol. The average Bonchev–Trinajstić information content (AvgIpc) is 2.75. The van der Waals surface area contributed by atoms with Crippen LogP contribution in [0.3, 0.4) is 0 Å². The predicted molar refractivity (Wildman–Crippen MR) is 67.8 cm³/mol. The zero-order valence-corrected chi connectivity index (χ0v) is 10.8. The first-order valence-corrected chi connectivity index (χ1v) is 6.02. The Hall–Kier alpha value is -1.46. The van der Waals surface area contributed by atoms with Gasteiger partial charge in [-0.1, -0.05) is 17.7 Å². The van der Waals surface area contributed by atoms with E-state index in [-0.39, 0.29) is 10.8 Å². The lowest BCUT2D eigenvalue weighted by Crippen LogP contribution is -2.18. The molecule has 0 aliphatic rings. The number of halogens is 2. The Bertz CT molecular complexity index is 527. The summed E-state index contributed by atoms with van der Waals surface area (Å²) in [6, 6.07) is 4.73. The first kappa shape index (κ1) is 13.0. The average molecular weight is 269 g/mol. The van der Waals surface area contributed by atoms with Crippen LogP contribution in [0.25, 0.3) is 0 Å². The normalized spacial score (nSPS) is 10.8. The van der Waals surface area contributed by atoms with E-state index < -0.39 is 0 Å². The topological polar surface area (TPSA) is 42.7 Å². The van der Waals surface area contributed by atoms with Crippen molar-refractivity contribution in [1.29, 1.82) is 0 Å². The second-order valence-corrected chi connectivity index (χ2v) is 4.44. The summed E-state index contributed by atoms with van der Waals surface area (Å²) in [5, 5.41) is 11.2. The van der Waals surface area contributed by atoms with E-state index in [1.54, 1.807) is 18.5 Å². The van der Waals surface area contributed by atoms with Crippen molar-refractivity contribution >= 4 is 11.6 Å². The fourth-order valence-corrected chi connectivity index (χ4v) is 1.82. The van der Waals surface area contributed by atoms with Crippen molar-refractivity contribution in [2.45, 2.75) is 13.0 Å². The summed E-state index contributed by atoms with van der Waals surface area (Å²) in [6.07, 6.45) is 2.47. The molecule has 0 saturated carbocycles. The van der Waals surface area contributed by atoms with Crippen molar-refractivity contribution in [3.63, 3.8) is 0 Å². The molecule has 0 bridgehead atoms. The maximum absolute atomic E-state index is 12.9.